The van der Waals surface area contributed by atoms with Crippen LogP contribution in [-0.2, 0) is 5.41 Å². The monoisotopic (exact) mass is 192 g/mol. The topological polar surface area (TPSA) is 0 Å². The van der Waals surface area contributed by atoms with Gasteiger partial charge in [-0.2, -0.15) is 0 Å². The highest BCUT2D eigenvalue weighted by molar-refractivity contribution is 7.01. The van der Waals surface area contributed by atoms with Crippen LogP contribution in [-0.4, -0.2) is 19.3 Å². The van der Waals surface area contributed by atoms with Crippen molar-refractivity contribution in [3.05, 3.63) is 29.8 Å². The van der Waals surface area contributed by atoms with Crippen LogP contribution >= 0.6 is 9.07 Å². The molecule has 0 fully saturated rings. The van der Waals surface area contributed by atoms with Gasteiger partial charge in [0.1, 0.15) is 0 Å². The molecule has 0 aliphatic rings. The molecule has 0 saturated heterocycles. The molecule has 0 amide bonds. The molecule has 0 aliphatic carbocycles. The summed E-state index contributed by atoms with van der Waals surface area (Å²) in [7, 11) is 5.98. The van der Waals surface area contributed by atoms with Crippen LogP contribution in [0.1, 0.15) is 26.3 Å². The van der Waals surface area contributed by atoms with E-state index in [4.69, 9.17) is 9.07 Å². The predicted octanol–water partition coefficient (Wildman–Crippen LogP) is 2.47. The van der Waals surface area contributed by atoms with Crippen LogP contribution in [0.4, 0.5) is 0 Å². The van der Waals surface area contributed by atoms with Crippen molar-refractivity contribution in [1.82, 2.24) is 0 Å². The molecule has 0 nitrogen and oxygen atoms in total. The Balaban J connectivity index is 3.14. The molecular weight excluding hydrogens is 180 g/mol. The van der Waals surface area contributed by atoms with Gasteiger partial charge in [-0.1, -0.05) is 50.6 Å². The molecule has 0 spiro atoms. The molecule has 1 rings (SSSR count). The molecule has 0 radical (unpaired) electrons. The Bertz CT molecular complexity index is 263. The summed E-state index contributed by atoms with van der Waals surface area (Å²) in [5.41, 5.74) is 1.64. The molecule has 1 aromatic rings. The zero-order valence-corrected chi connectivity index (χ0v) is 10.1. The normalized spacial score (nSPS) is 11.0. The van der Waals surface area contributed by atoms with Crippen molar-refractivity contribution in [2.24, 2.45) is 0 Å². The Morgan fingerprint density at radius 2 is 1.75 bits per heavy atom. The number of halogens is 1. The fraction of sp³-hybridized carbons (Fsp3) is 0.400. The van der Waals surface area contributed by atoms with Crippen LogP contribution in [0.2, 0.25) is 0 Å². The van der Waals surface area contributed by atoms with Crippen LogP contribution in [0.15, 0.2) is 24.3 Å². The largest absolute Gasteiger partial charge is 0.538 e. The van der Waals surface area contributed by atoms with Crippen LogP contribution in [0.5, 0.6) is 0 Å². The van der Waals surface area contributed by atoms with E-state index in [0.717, 1.165) is 0 Å². The van der Waals surface area contributed by atoms with Crippen LogP contribution in [0, 0.1) is 0 Å². The van der Waals surface area contributed by atoms with Crippen molar-refractivity contribution < 1.29 is 0 Å². The Morgan fingerprint density at radius 3 is 2.17 bits per heavy atom. The Morgan fingerprint density at radius 1 is 1.17 bits per heavy atom. The zero-order chi connectivity index (χ0) is 9.19. The van der Waals surface area contributed by atoms with E-state index in [1.165, 1.54) is 9.26 Å². The third-order valence-corrected chi connectivity index (χ3v) is 3.74. The molecule has 0 aliphatic heterocycles. The highest BCUT2D eigenvalue weighted by Crippen LogP contribution is 2.19. The van der Waals surface area contributed by atoms with E-state index < -0.39 is 19.3 Å². The van der Waals surface area contributed by atoms with Gasteiger partial charge in [-0.3, -0.25) is 0 Å². The highest BCUT2D eigenvalue weighted by Gasteiger charge is 2.16. The van der Waals surface area contributed by atoms with Gasteiger partial charge in [-0.05, 0) is 5.41 Å². The lowest BCUT2D eigenvalue weighted by atomic mass is 9.87. The SMILES string of the molecule is CC(C)(C)c1cccc[c]1[Mg][Cl]. The van der Waals surface area contributed by atoms with Gasteiger partial charge in [-0.15, -0.1) is 3.69 Å². The maximum atomic E-state index is 5.98. The second kappa shape index (κ2) is 3.99. The third kappa shape index (κ3) is 2.38. The molecule has 12 heavy (non-hydrogen) atoms. The van der Waals surface area contributed by atoms with Gasteiger partial charge in [0.25, 0.3) is 0 Å². The molecule has 0 heterocycles. The van der Waals surface area contributed by atoms with Crippen molar-refractivity contribution in [3.63, 3.8) is 0 Å². The summed E-state index contributed by atoms with van der Waals surface area (Å²) < 4.78 is 1.38. The third-order valence-electron chi connectivity index (χ3n) is 1.97. The molecule has 1 aromatic carbocycles. The van der Waals surface area contributed by atoms with E-state index in [1.54, 1.807) is 0 Å². The fourth-order valence-electron chi connectivity index (χ4n) is 1.37. The molecule has 0 N–H and O–H groups in total. The van der Waals surface area contributed by atoms with E-state index in [-0.39, 0.29) is 5.41 Å². The number of rotatable bonds is 1. The molecule has 2 heteroatoms. The summed E-state index contributed by atoms with van der Waals surface area (Å²) in [6.45, 7) is 6.69. The number of hydrogen-bond acceptors (Lipinski definition) is 0. The van der Waals surface area contributed by atoms with Gasteiger partial charge in [0, 0.05) is 0 Å². The highest BCUT2D eigenvalue weighted by atomic mass is 35.5. The van der Waals surface area contributed by atoms with E-state index in [2.05, 4.69) is 45.0 Å². The lowest BCUT2D eigenvalue weighted by Crippen LogP contribution is -2.25. The lowest BCUT2D eigenvalue weighted by molar-refractivity contribution is 0.594. The number of benzene rings is 1. The Labute approximate surface area is 87.8 Å². The molecule has 0 atom stereocenters. The van der Waals surface area contributed by atoms with Crippen molar-refractivity contribution in [1.29, 1.82) is 0 Å². The quantitative estimate of drug-likeness (QED) is 0.601. The summed E-state index contributed by atoms with van der Waals surface area (Å²) >= 11 is -0.545. The fourth-order valence-corrected chi connectivity index (χ4v) is 3.08. The molecule has 62 valence electrons. The molecule has 0 bridgehead atoms. The molecule has 0 unspecified atom stereocenters. The Kier molecular flexibility index (Phi) is 3.44. The summed E-state index contributed by atoms with van der Waals surface area (Å²) in [5, 5.41) is 0. The van der Waals surface area contributed by atoms with Gasteiger partial charge in [0.15, 0.2) is 0 Å². The zero-order valence-electron chi connectivity index (χ0n) is 7.89. The summed E-state index contributed by atoms with van der Waals surface area (Å²) in [5.74, 6) is 0. The first-order valence-corrected chi connectivity index (χ1v) is 7.04. The van der Waals surface area contributed by atoms with Crippen molar-refractivity contribution in [2.75, 3.05) is 0 Å². The van der Waals surface area contributed by atoms with E-state index >= 15 is 0 Å². The smallest absolute Gasteiger partial charge is 0.336 e. The van der Waals surface area contributed by atoms with E-state index in [0.29, 0.717) is 0 Å². The first-order valence-electron chi connectivity index (χ1n) is 4.20. The number of hydrogen-bond donors (Lipinski definition) is 0. The summed E-state index contributed by atoms with van der Waals surface area (Å²) in [6, 6.07) is 8.50. The minimum Gasteiger partial charge on any atom is -0.336 e. The first kappa shape index (κ1) is 10.4. The average molecular weight is 193 g/mol. The van der Waals surface area contributed by atoms with Crippen molar-refractivity contribution in [2.45, 2.75) is 26.2 Å². The first-order chi connectivity index (χ1) is 5.55. The lowest BCUT2D eigenvalue weighted by Gasteiger charge is -2.22. The minimum absolute atomic E-state index is 0.235. The maximum Gasteiger partial charge on any atom is 0.538 e. The average Bonchev–Trinajstić information content (AvgIpc) is 2.03. The van der Waals surface area contributed by atoms with E-state index in [9.17, 15) is 0 Å². The van der Waals surface area contributed by atoms with Gasteiger partial charge >= 0.3 is 19.3 Å². The summed E-state index contributed by atoms with van der Waals surface area (Å²) in [6.07, 6.45) is 0. The summed E-state index contributed by atoms with van der Waals surface area (Å²) in [4.78, 5) is 0. The molecular formula is C10H13ClMg. The standard InChI is InChI=1S/C10H13.ClH.Mg/c1-10(2,3)9-7-5-4-6-8-9;;/h4-7H,1-3H3;1H;/q;;+1/p-1. The van der Waals surface area contributed by atoms with E-state index in [1.807, 2.05) is 0 Å². The van der Waals surface area contributed by atoms with Crippen molar-refractivity contribution >= 4 is 32.0 Å². The predicted molar refractivity (Wildman–Crippen MR) is 56.4 cm³/mol. The molecule has 0 aromatic heterocycles. The van der Waals surface area contributed by atoms with Gasteiger partial charge < -0.3 is 9.07 Å². The second-order valence-corrected chi connectivity index (χ2v) is 5.87. The molecule has 0 saturated carbocycles. The maximum absolute atomic E-state index is 5.98. The van der Waals surface area contributed by atoms with Gasteiger partial charge in [0.05, 0.1) is 0 Å². The van der Waals surface area contributed by atoms with Crippen LogP contribution in [0.25, 0.3) is 0 Å². The Hall–Kier alpha value is 0.276. The van der Waals surface area contributed by atoms with Gasteiger partial charge in [0.2, 0.25) is 0 Å². The second-order valence-electron chi connectivity index (χ2n) is 4.04. The van der Waals surface area contributed by atoms with Crippen LogP contribution < -0.4 is 3.69 Å². The van der Waals surface area contributed by atoms with Gasteiger partial charge in [-0.25, -0.2) is 0 Å². The minimum atomic E-state index is -0.545. The van der Waals surface area contributed by atoms with Crippen molar-refractivity contribution in [3.8, 4) is 0 Å². The van der Waals surface area contributed by atoms with Crippen LogP contribution in [0.3, 0.4) is 0 Å².